The lowest BCUT2D eigenvalue weighted by Crippen LogP contribution is -2.04. The Bertz CT molecular complexity index is 792. The van der Waals surface area contributed by atoms with Crippen LogP contribution in [0.4, 0.5) is 17.6 Å². The Kier molecular flexibility index (Phi) is 3.41. The Hall–Kier alpha value is -1.95. The minimum absolute atomic E-state index is 0.371. The van der Waals surface area contributed by atoms with E-state index in [2.05, 4.69) is 4.98 Å². The second-order valence-corrected chi connectivity index (χ2v) is 5.53. The monoisotopic (exact) mass is 311 g/mol. The number of benzene rings is 2. The van der Waals surface area contributed by atoms with E-state index >= 15 is 0 Å². The maximum atomic E-state index is 13.6. The van der Waals surface area contributed by atoms with Crippen molar-refractivity contribution in [1.29, 1.82) is 0 Å². The molecule has 1 heterocycles. The van der Waals surface area contributed by atoms with E-state index in [1.807, 2.05) is 0 Å². The summed E-state index contributed by atoms with van der Waals surface area (Å²) in [6.07, 6.45) is -2.81. The number of halogens is 4. The molecule has 0 atom stereocenters. The summed E-state index contributed by atoms with van der Waals surface area (Å²) in [5.74, 6) is -0.399. The number of aromatic nitrogens is 1. The van der Waals surface area contributed by atoms with Gasteiger partial charge in [-0.1, -0.05) is 23.9 Å². The first kappa shape index (κ1) is 14.0. The van der Waals surface area contributed by atoms with Gasteiger partial charge in [0.1, 0.15) is 5.82 Å². The summed E-state index contributed by atoms with van der Waals surface area (Å²) in [5, 5.41) is 0.429. The first-order valence-corrected chi connectivity index (χ1v) is 6.87. The fourth-order valence-corrected chi connectivity index (χ4v) is 2.95. The fraction of sp³-hybridized carbons (Fsp3) is 0.0667. The number of aromatic amines is 1. The van der Waals surface area contributed by atoms with Crippen molar-refractivity contribution < 1.29 is 17.6 Å². The number of hydrogen-bond donors (Lipinski definition) is 1. The van der Waals surface area contributed by atoms with Crippen molar-refractivity contribution in [3.8, 4) is 0 Å². The SMILES string of the molecule is Fc1ccccc1Sc1c[nH]c2ccc(C(F)(F)F)cc12. The average Bonchev–Trinajstić information content (AvgIpc) is 2.83. The van der Waals surface area contributed by atoms with Crippen molar-refractivity contribution in [2.75, 3.05) is 0 Å². The van der Waals surface area contributed by atoms with Gasteiger partial charge in [0.05, 0.1) is 5.56 Å². The molecule has 3 rings (SSSR count). The molecule has 3 aromatic rings. The first-order chi connectivity index (χ1) is 9.95. The fourth-order valence-electron chi connectivity index (χ4n) is 2.00. The highest BCUT2D eigenvalue weighted by Gasteiger charge is 2.30. The van der Waals surface area contributed by atoms with E-state index in [1.54, 1.807) is 24.4 Å². The summed E-state index contributed by atoms with van der Waals surface area (Å²) >= 11 is 1.10. The van der Waals surface area contributed by atoms with Gasteiger partial charge < -0.3 is 4.98 Å². The molecule has 0 unspecified atom stereocenters. The zero-order valence-electron chi connectivity index (χ0n) is 10.5. The predicted octanol–water partition coefficient (Wildman–Crippen LogP) is 5.48. The maximum Gasteiger partial charge on any atom is 0.416 e. The highest BCUT2D eigenvalue weighted by Crippen LogP contribution is 2.37. The van der Waals surface area contributed by atoms with Crippen LogP contribution in [0.25, 0.3) is 10.9 Å². The first-order valence-electron chi connectivity index (χ1n) is 6.06. The minimum Gasteiger partial charge on any atom is -0.360 e. The third-order valence-electron chi connectivity index (χ3n) is 3.03. The van der Waals surface area contributed by atoms with Gasteiger partial charge in [0.25, 0.3) is 0 Å². The van der Waals surface area contributed by atoms with Crippen molar-refractivity contribution >= 4 is 22.7 Å². The Labute approximate surface area is 122 Å². The van der Waals surface area contributed by atoms with Crippen molar-refractivity contribution in [3.63, 3.8) is 0 Å². The largest absolute Gasteiger partial charge is 0.416 e. The number of alkyl halides is 3. The van der Waals surface area contributed by atoms with Gasteiger partial charge in [0.15, 0.2) is 0 Å². The molecule has 0 aliphatic heterocycles. The van der Waals surface area contributed by atoms with Crippen LogP contribution in [0, 0.1) is 5.82 Å². The molecule has 0 aliphatic rings. The molecule has 6 heteroatoms. The average molecular weight is 311 g/mol. The van der Waals surface area contributed by atoms with Crippen LogP contribution in [0.15, 0.2) is 58.5 Å². The summed E-state index contributed by atoms with van der Waals surface area (Å²) in [4.78, 5) is 3.82. The second kappa shape index (κ2) is 5.11. The predicted molar refractivity (Wildman–Crippen MR) is 73.8 cm³/mol. The third-order valence-corrected chi connectivity index (χ3v) is 4.14. The van der Waals surface area contributed by atoms with Crippen LogP contribution in [0.1, 0.15) is 5.56 Å². The van der Waals surface area contributed by atoms with Crippen LogP contribution in [-0.2, 0) is 6.18 Å². The number of rotatable bonds is 2. The molecule has 0 bridgehead atoms. The molecule has 0 spiro atoms. The lowest BCUT2D eigenvalue weighted by molar-refractivity contribution is -0.137. The molecule has 21 heavy (non-hydrogen) atoms. The molecule has 0 fully saturated rings. The maximum absolute atomic E-state index is 13.6. The van der Waals surface area contributed by atoms with Gasteiger partial charge in [-0.05, 0) is 30.3 Å². The molecular formula is C15H9F4NS. The molecule has 1 nitrogen and oxygen atoms in total. The van der Waals surface area contributed by atoms with Crippen molar-refractivity contribution in [1.82, 2.24) is 4.98 Å². The van der Waals surface area contributed by atoms with Gasteiger partial charge in [-0.3, -0.25) is 0 Å². The molecule has 0 aliphatic carbocycles. The molecule has 1 aromatic heterocycles. The zero-order chi connectivity index (χ0) is 15.0. The summed E-state index contributed by atoms with van der Waals surface area (Å²) in [6, 6.07) is 9.64. The van der Waals surface area contributed by atoms with E-state index in [4.69, 9.17) is 0 Å². The highest BCUT2D eigenvalue weighted by molar-refractivity contribution is 7.99. The van der Waals surface area contributed by atoms with E-state index in [-0.39, 0.29) is 0 Å². The number of fused-ring (bicyclic) bond motifs is 1. The van der Waals surface area contributed by atoms with Crippen molar-refractivity contribution in [2.45, 2.75) is 16.0 Å². The van der Waals surface area contributed by atoms with Gasteiger partial charge in [-0.25, -0.2) is 4.39 Å². The van der Waals surface area contributed by atoms with E-state index in [9.17, 15) is 17.6 Å². The lowest BCUT2D eigenvalue weighted by Gasteiger charge is -2.07. The van der Waals surface area contributed by atoms with Crippen molar-refractivity contribution in [2.24, 2.45) is 0 Å². The molecule has 0 amide bonds. The number of H-pyrrole nitrogens is 1. The lowest BCUT2D eigenvalue weighted by atomic mass is 10.1. The van der Waals surface area contributed by atoms with E-state index in [0.717, 1.165) is 23.9 Å². The van der Waals surface area contributed by atoms with Gasteiger partial charge in [0.2, 0.25) is 0 Å². The van der Waals surface area contributed by atoms with Gasteiger partial charge in [-0.15, -0.1) is 0 Å². The Morgan fingerprint density at radius 3 is 2.43 bits per heavy atom. The minimum atomic E-state index is -4.40. The second-order valence-electron chi connectivity index (χ2n) is 4.44. The standard InChI is InChI=1S/C15H9F4NS/c16-11-3-1-2-4-13(11)21-14-8-20-12-6-5-9(7-10(12)14)15(17,18)19/h1-8,20H. The Balaban J connectivity index is 2.05. The smallest absolute Gasteiger partial charge is 0.360 e. The molecule has 0 radical (unpaired) electrons. The topological polar surface area (TPSA) is 15.8 Å². The van der Waals surface area contributed by atoms with Crippen LogP contribution >= 0.6 is 11.8 Å². The summed E-state index contributed by atoms with van der Waals surface area (Å²) in [5.41, 5.74) is -0.133. The van der Waals surface area contributed by atoms with Crippen LogP contribution in [0.5, 0.6) is 0 Å². The summed E-state index contributed by atoms with van der Waals surface area (Å²) in [7, 11) is 0. The molecule has 2 aromatic carbocycles. The normalized spacial score (nSPS) is 12.0. The molecule has 108 valence electrons. The summed E-state index contributed by atoms with van der Waals surface area (Å²) in [6.45, 7) is 0. The van der Waals surface area contributed by atoms with E-state index in [1.165, 1.54) is 12.1 Å². The van der Waals surface area contributed by atoms with Crippen LogP contribution in [0.2, 0.25) is 0 Å². The molecule has 1 N–H and O–H groups in total. The van der Waals surface area contributed by atoms with Gasteiger partial charge >= 0.3 is 6.18 Å². The third kappa shape index (κ3) is 2.76. The Morgan fingerprint density at radius 2 is 1.71 bits per heavy atom. The summed E-state index contributed by atoms with van der Waals surface area (Å²) < 4.78 is 51.9. The van der Waals surface area contributed by atoms with Crippen LogP contribution in [-0.4, -0.2) is 4.98 Å². The van der Waals surface area contributed by atoms with Gasteiger partial charge in [-0.2, -0.15) is 13.2 Å². The zero-order valence-corrected chi connectivity index (χ0v) is 11.4. The van der Waals surface area contributed by atoms with Gasteiger partial charge in [0, 0.05) is 26.9 Å². The van der Waals surface area contributed by atoms with Crippen LogP contribution < -0.4 is 0 Å². The Morgan fingerprint density at radius 1 is 0.952 bits per heavy atom. The quantitative estimate of drug-likeness (QED) is 0.620. The van der Waals surface area contributed by atoms with E-state index in [0.29, 0.717) is 20.7 Å². The number of nitrogens with one attached hydrogen (secondary N) is 1. The highest BCUT2D eigenvalue weighted by atomic mass is 32.2. The molecule has 0 saturated heterocycles. The molecule has 0 saturated carbocycles. The number of hydrogen-bond acceptors (Lipinski definition) is 1. The van der Waals surface area contributed by atoms with Crippen LogP contribution in [0.3, 0.4) is 0 Å². The van der Waals surface area contributed by atoms with Crippen molar-refractivity contribution in [3.05, 3.63) is 60.0 Å². The molecular weight excluding hydrogens is 302 g/mol. The van der Waals surface area contributed by atoms with E-state index < -0.39 is 17.6 Å².